The number of hydrogen-bond acceptors (Lipinski definition) is 2. The van der Waals surface area contributed by atoms with Crippen LogP contribution in [0.4, 0.5) is 4.39 Å². The second-order valence-corrected chi connectivity index (χ2v) is 4.66. The van der Waals surface area contributed by atoms with Gasteiger partial charge >= 0.3 is 0 Å². The highest BCUT2D eigenvalue weighted by Crippen LogP contribution is 2.24. The number of rotatable bonds is 5. The fraction of sp³-hybridized carbons (Fsp3) is 0.200. The van der Waals surface area contributed by atoms with E-state index in [0.717, 1.165) is 0 Å². The van der Waals surface area contributed by atoms with Crippen LogP contribution in [0.2, 0.25) is 5.02 Å². The van der Waals surface area contributed by atoms with Crippen molar-refractivity contribution in [2.45, 2.75) is 13.0 Å². The lowest BCUT2D eigenvalue weighted by Gasteiger charge is -2.09. The molecule has 0 atom stereocenters. The van der Waals surface area contributed by atoms with Crippen molar-refractivity contribution < 1.29 is 9.50 Å². The van der Waals surface area contributed by atoms with E-state index in [-0.39, 0.29) is 11.6 Å². The summed E-state index contributed by atoms with van der Waals surface area (Å²) in [5, 5.41) is 13.3. The van der Waals surface area contributed by atoms with Gasteiger partial charge in [-0.25, -0.2) is 4.39 Å². The molecule has 2 rings (SSSR count). The molecule has 0 radical (unpaired) electrons. The monoisotopic (exact) mass is 279 g/mol. The molecule has 0 unspecified atom stereocenters. The van der Waals surface area contributed by atoms with Crippen molar-refractivity contribution in [2.75, 3.05) is 6.54 Å². The average Bonchev–Trinajstić information content (AvgIpc) is 2.39. The van der Waals surface area contributed by atoms with Crippen LogP contribution >= 0.6 is 11.6 Å². The maximum absolute atomic E-state index is 13.4. The summed E-state index contributed by atoms with van der Waals surface area (Å²) in [6.45, 7) is 1.07. The second-order valence-electron chi connectivity index (χ2n) is 4.26. The minimum absolute atomic E-state index is 0.172. The zero-order valence-corrected chi connectivity index (χ0v) is 11.1. The van der Waals surface area contributed by atoms with Gasteiger partial charge in [0, 0.05) is 17.1 Å². The maximum atomic E-state index is 13.4. The highest BCUT2D eigenvalue weighted by molar-refractivity contribution is 6.31. The molecule has 0 aliphatic heterocycles. The average molecular weight is 280 g/mol. The van der Waals surface area contributed by atoms with Crippen LogP contribution in [0.15, 0.2) is 42.5 Å². The van der Waals surface area contributed by atoms with Crippen molar-refractivity contribution in [3.63, 3.8) is 0 Å². The molecule has 0 fully saturated rings. The Labute approximate surface area is 116 Å². The summed E-state index contributed by atoms with van der Waals surface area (Å²) in [6.07, 6.45) is 0.595. The van der Waals surface area contributed by atoms with Gasteiger partial charge in [-0.1, -0.05) is 35.9 Å². The van der Waals surface area contributed by atoms with E-state index < -0.39 is 0 Å². The normalized spacial score (nSPS) is 10.6. The predicted molar refractivity (Wildman–Crippen MR) is 74.9 cm³/mol. The summed E-state index contributed by atoms with van der Waals surface area (Å²) < 4.78 is 13.4. The SMILES string of the molecule is Oc1cccc(Cl)c1CNCCc1ccccc1F. The van der Waals surface area contributed by atoms with E-state index in [4.69, 9.17) is 11.6 Å². The molecule has 0 aliphatic rings. The Kier molecular flexibility index (Phi) is 4.77. The summed E-state index contributed by atoms with van der Waals surface area (Å²) >= 11 is 5.99. The van der Waals surface area contributed by atoms with Gasteiger partial charge in [0.15, 0.2) is 0 Å². The lowest BCUT2D eigenvalue weighted by atomic mass is 10.1. The smallest absolute Gasteiger partial charge is 0.126 e. The van der Waals surface area contributed by atoms with E-state index in [1.807, 2.05) is 6.07 Å². The van der Waals surface area contributed by atoms with Gasteiger partial charge in [0.1, 0.15) is 11.6 Å². The quantitative estimate of drug-likeness (QED) is 0.821. The number of phenols is 1. The van der Waals surface area contributed by atoms with Crippen molar-refractivity contribution in [2.24, 2.45) is 0 Å². The Morgan fingerprint density at radius 2 is 1.89 bits per heavy atom. The molecule has 0 spiro atoms. The van der Waals surface area contributed by atoms with Crippen molar-refractivity contribution >= 4 is 11.6 Å². The third-order valence-electron chi connectivity index (χ3n) is 2.92. The molecular formula is C15H15ClFNO. The van der Waals surface area contributed by atoms with Crippen LogP contribution in [0.25, 0.3) is 0 Å². The number of hydrogen-bond donors (Lipinski definition) is 2. The first-order chi connectivity index (χ1) is 9.18. The highest BCUT2D eigenvalue weighted by Gasteiger charge is 2.05. The van der Waals surface area contributed by atoms with Crippen LogP contribution in [0.1, 0.15) is 11.1 Å². The molecule has 19 heavy (non-hydrogen) atoms. The van der Waals surface area contributed by atoms with Crippen LogP contribution in [0.3, 0.4) is 0 Å². The van der Waals surface area contributed by atoms with Gasteiger partial charge in [0.2, 0.25) is 0 Å². The van der Waals surface area contributed by atoms with Gasteiger partial charge in [0.05, 0.1) is 0 Å². The van der Waals surface area contributed by atoms with E-state index >= 15 is 0 Å². The van der Waals surface area contributed by atoms with Gasteiger partial charge in [-0.05, 0) is 36.7 Å². The standard InChI is InChI=1S/C15H15ClFNO/c16-13-5-3-7-15(19)12(13)10-18-9-8-11-4-1-2-6-14(11)17/h1-7,18-19H,8-10H2. The zero-order valence-electron chi connectivity index (χ0n) is 10.4. The van der Waals surface area contributed by atoms with Gasteiger partial charge < -0.3 is 10.4 Å². The topological polar surface area (TPSA) is 32.3 Å². The van der Waals surface area contributed by atoms with Crippen LogP contribution in [-0.2, 0) is 13.0 Å². The Balaban J connectivity index is 1.86. The maximum Gasteiger partial charge on any atom is 0.126 e. The lowest BCUT2D eigenvalue weighted by Crippen LogP contribution is -2.17. The second kappa shape index (κ2) is 6.55. The Hall–Kier alpha value is -1.58. The summed E-state index contributed by atoms with van der Waals surface area (Å²) in [5.41, 5.74) is 1.34. The van der Waals surface area contributed by atoms with Gasteiger partial charge in [-0.15, -0.1) is 0 Å². The third kappa shape index (κ3) is 3.69. The summed E-state index contributed by atoms with van der Waals surface area (Å²) in [7, 11) is 0. The first kappa shape index (κ1) is 13.8. The summed E-state index contributed by atoms with van der Waals surface area (Å²) in [5.74, 6) is -0.0178. The Bertz CT molecular complexity index is 539. The third-order valence-corrected chi connectivity index (χ3v) is 3.28. The largest absolute Gasteiger partial charge is 0.508 e. The Morgan fingerprint density at radius 3 is 2.63 bits per heavy atom. The van der Waals surface area contributed by atoms with Crippen molar-refractivity contribution in [1.29, 1.82) is 0 Å². The number of halogens is 2. The molecule has 0 saturated heterocycles. The fourth-order valence-electron chi connectivity index (χ4n) is 1.86. The molecule has 0 saturated carbocycles. The highest BCUT2D eigenvalue weighted by atomic mass is 35.5. The van der Waals surface area contributed by atoms with Crippen molar-refractivity contribution in [3.8, 4) is 5.75 Å². The minimum atomic E-state index is -0.190. The fourth-order valence-corrected chi connectivity index (χ4v) is 2.10. The van der Waals surface area contributed by atoms with E-state index in [1.54, 1.807) is 30.3 Å². The van der Waals surface area contributed by atoms with Gasteiger partial charge in [-0.3, -0.25) is 0 Å². The van der Waals surface area contributed by atoms with E-state index in [9.17, 15) is 9.50 Å². The molecular weight excluding hydrogens is 265 g/mol. The number of phenolic OH excluding ortho intramolecular Hbond substituents is 1. The Morgan fingerprint density at radius 1 is 1.11 bits per heavy atom. The molecule has 2 nitrogen and oxygen atoms in total. The van der Waals surface area contributed by atoms with Gasteiger partial charge in [-0.2, -0.15) is 0 Å². The van der Waals surface area contributed by atoms with E-state index in [1.165, 1.54) is 6.07 Å². The molecule has 0 amide bonds. The molecule has 0 aromatic heterocycles. The van der Waals surface area contributed by atoms with E-state index in [0.29, 0.717) is 35.7 Å². The molecule has 2 aromatic rings. The lowest BCUT2D eigenvalue weighted by molar-refractivity contribution is 0.464. The van der Waals surface area contributed by atoms with Crippen molar-refractivity contribution in [1.82, 2.24) is 5.32 Å². The first-order valence-electron chi connectivity index (χ1n) is 6.09. The number of nitrogens with one attached hydrogen (secondary N) is 1. The van der Waals surface area contributed by atoms with Gasteiger partial charge in [0.25, 0.3) is 0 Å². The van der Waals surface area contributed by atoms with E-state index in [2.05, 4.69) is 5.32 Å². The molecule has 100 valence electrons. The molecule has 0 heterocycles. The van der Waals surface area contributed by atoms with Crippen LogP contribution in [0.5, 0.6) is 5.75 Å². The summed E-state index contributed by atoms with van der Waals surface area (Å²) in [6, 6.07) is 11.7. The number of aromatic hydroxyl groups is 1. The van der Waals surface area contributed by atoms with Crippen molar-refractivity contribution in [3.05, 3.63) is 64.4 Å². The molecule has 0 bridgehead atoms. The van der Waals surface area contributed by atoms with Crippen LogP contribution < -0.4 is 5.32 Å². The first-order valence-corrected chi connectivity index (χ1v) is 6.47. The molecule has 2 aromatic carbocycles. The molecule has 0 aliphatic carbocycles. The zero-order chi connectivity index (χ0) is 13.7. The predicted octanol–water partition coefficient (Wildman–Crippen LogP) is 3.52. The summed E-state index contributed by atoms with van der Waals surface area (Å²) in [4.78, 5) is 0. The number of benzene rings is 2. The van der Waals surface area contributed by atoms with Crippen LogP contribution in [-0.4, -0.2) is 11.7 Å². The molecule has 2 N–H and O–H groups in total. The molecule has 4 heteroatoms. The van der Waals surface area contributed by atoms with Crippen LogP contribution in [0, 0.1) is 5.82 Å². The minimum Gasteiger partial charge on any atom is -0.508 e.